The first kappa shape index (κ1) is 10.6. The highest BCUT2D eigenvalue weighted by atomic mass is 19.1. The van der Waals surface area contributed by atoms with E-state index in [4.69, 9.17) is 5.11 Å². The van der Waals surface area contributed by atoms with E-state index >= 15 is 0 Å². The maximum atomic E-state index is 12.9. The van der Waals surface area contributed by atoms with Gasteiger partial charge in [0.2, 0.25) is 5.95 Å². The van der Waals surface area contributed by atoms with Crippen LogP contribution in [0.1, 0.15) is 16.8 Å². The van der Waals surface area contributed by atoms with Crippen LogP contribution in [0.3, 0.4) is 0 Å². The predicted octanol–water partition coefficient (Wildman–Crippen LogP) is 0.333. The van der Waals surface area contributed by atoms with Crippen LogP contribution >= 0.6 is 0 Å². The van der Waals surface area contributed by atoms with Crippen molar-refractivity contribution in [2.24, 2.45) is 0 Å². The number of carbonyl (C=O) groups is 1. The van der Waals surface area contributed by atoms with Crippen molar-refractivity contribution in [2.45, 2.75) is 6.42 Å². The van der Waals surface area contributed by atoms with E-state index < -0.39 is 11.9 Å². The molecule has 0 atom stereocenters. The van der Waals surface area contributed by atoms with E-state index in [2.05, 4.69) is 10.3 Å². The predicted molar refractivity (Wildman–Crippen MR) is 48.2 cm³/mol. The quantitative estimate of drug-likeness (QED) is 0.541. The van der Waals surface area contributed by atoms with Gasteiger partial charge in [0.25, 0.3) is 5.91 Å². The van der Waals surface area contributed by atoms with Gasteiger partial charge in [0, 0.05) is 19.3 Å². The highest BCUT2D eigenvalue weighted by Crippen LogP contribution is 2.02. The summed E-state index contributed by atoms with van der Waals surface area (Å²) >= 11 is 0. The third kappa shape index (κ3) is 2.77. The van der Waals surface area contributed by atoms with E-state index in [1.807, 2.05) is 0 Å². The molecule has 0 saturated heterocycles. The Morgan fingerprint density at radius 3 is 3.07 bits per heavy atom. The molecular weight excluding hydrogens is 187 g/mol. The van der Waals surface area contributed by atoms with Crippen molar-refractivity contribution in [3.63, 3.8) is 0 Å². The Balaban J connectivity index is 2.56. The molecular formula is C9H11FN2O2. The van der Waals surface area contributed by atoms with E-state index in [0.717, 1.165) is 0 Å². The van der Waals surface area contributed by atoms with Crippen LogP contribution in [0.25, 0.3) is 0 Å². The fourth-order valence-corrected chi connectivity index (χ4v) is 0.932. The monoisotopic (exact) mass is 198 g/mol. The minimum Gasteiger partial charge on any atom is -0.396 e. The van der Waals surface area contributed by atoms with Crippen LogP contribution in [-0.2, 0) is 0 Å². The fourth-order valence-electron chi connectivity index (χ4n) is 0.932. The molecule has 1 aromatic rings. The molecule has 5 heteroatoms. The van der Waals surface area contributed by atoms with Crippen LogP contribution in [0.5, 0.6) is 0 Å². The van der Waals surface area contributed by atoms with E-state index in [1.165, 1.54) is 18.3 Å². The van der Waals surface area contributed by atoms with Gasteiger partial charge in [-0.1, -0.05) is 0 Å². The Morgan fingerprint density at radius 2 is 2.43 bits per heavy atom. The Hall–Kier alpha value is -1.49. The molecule has 0 aliphatic heterocycles. The van der Waals surface area contributed by atoms with Gasteiger partial charge in [0.15, 0.2) is 0 Å². The van der Waals surface area contributed by atoms with Crippen molar-refractivity contribution in [3.8, 4) is 0 Å². The molecule has 0 spiro atoms. The van der Waals surface area contributed by atoms with E-state index in [0.29, 0.717) is 13.0 Å². The summed E-state index contributed by atoms with van der Waals surface area (Å²) in [6.07, 6.45) is 1.73. The Bertz CT molecular complexity index is 317. The third-order valence-corrected chi connectivity index (χ3v) is 1.62. The summed E-state index contributed by atoms with van der Waals surface area (Å²) in [6, 6.07) is 2.85. The van der Waals surface area contributed by atoms with Gasteiger partial charge in [-0.15, -0.1) is 0 Å². The molecule has 0 unspecified atom stereocenters. The average Bonchev–Trinajstić information content (AvgIpc) is 2.18. The molecule has 1 amide bonds. The fraction of sp³-hybridized carbons (Fsp3) is 0.333. The first-order valence-electron chi connectivity index (χ1n) is 4.25. The van der Waals surface area contributed by atoms with Gasteiger partial charge < -0.3 is 10.4 Å². The zero-order chi connectivity index (χ0) is 10.4. The Kier molecular flexibility index (Phi) is 4.00. The highest BCUT2D eigenvalue weighted by molar-refractivity contribution is 5.94. The van der Waals surface area contributed by atoms with Crippen molar-refractivity contribution in [3.05, 3.63) is 29.8 Å². The highest BCUT2D eigenvalue weighted by Gasteiger charge is 2.10. The van der Waals surface area contributed by atoms with Gasteiger partial charge in [-0.2, -0.15) is 4.39 Å². The molecule has 0 aliphatic carbocycles. The van der Waals surface area contributed by atoms with E-state index in [9.17, 15) is 9.18 Å². The summed E-state index contributed by atoms with van der Waals surface area (Å²) in [5.74, 6) is -1.29. The number of aliphatic hydroxyl groups is 1. The lowest BCUT2D eigenvalue weighted by molar-refractivity contribution is 0.0946. The van der Waals surface area contributed by atoms with Gasteiger partial charge in [0.05, 0.1) is 5.56 Å². The number of aromatic nitrogens is 1. The summed E-state index contributed by atoms with van der Waals surface area (Å²) in [6.45, 7) is 0.319. The molecule has 0 bridgehead atoms. The smallest absolute Gasteiger partial charge is 0.255 e. The van der Waals surface area contributed by atoms with Crippen LogP contribution in [0.4, 0.5) is 4.39 Å². The van der Waals surface area contributed by atoms with Crippen LogP contribution in [0, 0.1) is 5.95 Å². The largest absolute Gasteiger partial charge is 0.396 e. The summed E-state index contributed by atoms with van der Waals surface area (Å²) in [5.41, 5.74) is -0.0783. The third-order valence-electron chi connectivity index (χ3n) is 1.62. The van der Waals surface area contributed by atoms with Crippen LogP contribution in [0.15, 0.2) is 18.3 Å². The first-order chi connectivity index (χ1) is 6.75. The van der Waals surface area contributed by atoms with Crippen molar-refractivity contribution in [1.82, 2.24) is 10.3 Å². The van der Waals surface area contributed by atoms with Crippen LogP contribution in [-0.4, -0.2) is 29.1 Å². The molecule has 0 aliphatic rings. The molecule has 2 N–H and O–H groups in total. The molecule has 4 nitrogen and oxygen atoms in total. The van der Waals surface area contributed by atoms with Gasteiger partial charge in [-0.3, -0.25) is 4.79 Å². The standard InChI is InChI=1S/C9H11FN2O2/c10-8-7(3-1-4-11-8)9(14)12-5-2-6-13/h1,3-4,13H,2,5-6H2,(H,12,14). The molecule has 0 fully saturated rings. The number of hydrogen-bond acceptors (Lipinski definition) is 3. The first-order valence-corrected chi connectivity index (χ1v) is 4.25. The number of pyridine rings is 1. The number of amides is 1. The van der Waals surface area contributed by atoms with E-state index in [-0.39, 0.29) is 12.2 Å². The molecule has 14 heavy (non-hydrogen) atoms. The number of carbonyl (C=O) groups excluding carboxylic acids is 1. The van der Waals surface area contributed by atoms with E-state index in [1.54, 1.807) is 0 Å². The lowest BCUT2D eigenvalue weighted by atomic mass is 10.2. The minimum absolute atomic E-state index is 0.00416. The molecule has 1 heterocycles. The average molecular weight is 198 g/mol. The summed E-state index contributed by atoms with van der Waals surface area (Å²) in [7, 11) is 0. The maximum absolute atomic E-state index is 12.9. The summed E-state index contributed by atoms with van der Waals surface area (Å²) in [5, 5.41) is 10.9. The summed E-state index contributed by atoms with van der Waals surface area (Å²) in [4.78, 5) is 14.6. The van der Waals surface area contributed by atoms with Crippen molar-refractivity contribution >= 4 is 5.91 Å². The molecule has 0 radical (unpaired) electrons. The molecule has 0 saturated carbocycles. The molecule has 1 aromatic heterocycles. The summed E-state index contributed by atoms with van der Waals surface area (Å²) < 4.78 is 12.9. The van der Waals surface area contributed by atoms with Crippen molar-refractivity contribution in [1.29, 1.82) is 0 Å². The van der Waals surface area contributed by atoms with Crippen LogP contribution in [0.2, 0.25) is 0 Å². The number of nitrogens with one attached hydrogen (secondary N) is 1. The number of nitrogens with zero attached hydrogens (tertiary/aromatic N) is 1. The maximum Gasteiger partial charge on any atom is 0.255 e. The van der Waals surface area contributed by atoms with Gasteiger partial charge in [0.1, 0.15) is 0 Å². The van der Waals surface area contributed by atoms with Gasteiger partial charge >= 0.3 is 0 Å². The Labute approximate surface area is 80.8 Å². The Morgan fingerprint density at radius 1 is 1.64 bits per heavy atom. The van der Waals surface area contributed by atoms with Gasteiger partial charge in [-0.25, -0.2) is 4.98 Å². The minimum atomic E-state index is -0.783. The van der Waals surface area contributed by atoms with Crippen molar-refractivity contribution in [2.75, 3.05) is 13.2 Å². The number of aliphatic hydroxyl groups excluding tert-OH is 1. The lowest BCUT2D eigenvalue weighted by Gasteiger charge is -2.03. The molecule has 1 rings (SSSR count). The van der Waals surface area contributed by atoms with Crippen molar-refractivity contribution < 1.29 is 14.3 Å². The van der Waals surface area contributed by atoms with Crippen LogP contribution < -0.4 is 5.32 Å². The zero-order valence-electron chi connectivity index (χ0n) is 7.53. The number of hydrogen-bond donors (Lipinski definition) is 2. The lowest BCUT2D eigenvalue weighted by Crippen LogP contribution is -2.26. The second-order valence-corrected chi connectivity index (χ2v) is 2.67. The molecule has 0 aromatic carbocycles. The molecule has 76 valence electrons. The SMILES string of the molecule is O=C(NCCCO)c1cccnc1F. The second-order valence-electron chi connectivity index (χ2n) is 2.67. The second kappa shape index (κ2) is 5.29. The number of halogens is 1. The normalized spacial score (nSPS) is 9.86. The zero-order valence-corrected chi connectivity index (χ0v) is 7.53. The van der Waals surface area contributed by atoms with Gasteiger partial charge in [-0.05, 0) is 18.6 Å². The topological polar surface area (TPSA) is 62.2 Å². The number of rotatable bonds is 4.